The predicted molar refractivity (Wildman–Crippen MR) is 84.5 cm³/mol. The number of hydrogen-bond acceptors (Lipinski definition) is 4. The lowest BCUT2D eigenvalue weighted by Gasteiger charge is -2.28. The first kappa shape index (κ1) is 17.2. The molecule has 0 radical (unpaired) electrons. The van der Waals surface area contributed by atoms with Crippen molar-refractivity contribution in [1.29, 1.82) is 0 Å². The number of halogens is 1. The zero-order chi connectivity index (χ0) is 16.2. The summed E-state index contributed by atoms with van der Waals surface area (Å²) in [6, 6.07) is 5.91. The second kappa shape index (κ2) is 7.44. The Kier molecular flexibility index (Phi) is 5.83. The van der Waals surface area contributed by atoms with Crippen LogP contribution in [-0.4, -0.2) is 37.3 Å². The number of benzene rings is 1. The number of aliphatic hydroxyl groups excluding tert-OH is 1. The van der Waals surface area contributed by atoms with E-state index >= 15 is 0 Å². The third kappa shape index (κ3) is 4.44. The Hall–Kier alpha value is -1.11. The number of aliphatic hydroxyl groups is 1. The Labute approximate surface area is 135 Å². The van der Waals surface area contributed by atoms with E-state index in [9.17, 15) is 18.3 Å². The second-order valence-electron chi connectivity index (χ2n) is 5.53. The van der Waals surface area contributed by atoms with Crippen LogP contribution in [0.15, 0.2) is 29.2 Å². The van der Waals surface area contributed by atoms with Crippen molar-refractivity contribution in [2.45, 2.75) is 49.1 Å². The smallest absolute Gasteiger partial charge is 0.221 e. The Balaban J connectivity index is 1.92. The van der Waals surface area contributed by atoms with Gasteiger partial charge < -0.3 is 10.4 Å². The molecule has 122 valence electrons. The first-order chi connectivity index (χ1) is 10.4. The van der Waals surface area contributed by atoms with Crippen molar-refractivity contribution < 1.29 is 18.3 Å². The maximum absolute atomic E-state index is 12.2. The van der Waals surface area contributed by atoms with Gasteiger partial charge in [-0.1, -0.05) is 36.6 Å². The molecule has 2 atom stereocenters. The standard InChI is InChI=1S/C15H20ClNO4S/c16-11-5-1-4-8-14(11)22(20,21)10-9-15(19)17-12-6-2-3-7-13(12)18/h1,4-5,8,12-13,18H,2-3,6-7,9-10H2,(H,17,19)/t12-,13-/m0/s1. The molecule has 1 aromatic rings. The van der Waals surface area contributed by atoms with Crippen molar-refractivity contribution >= 4 is 27.3 Å². The Bertz CT molecular complexity index is 632. The van der Waals surface area contributed by atoms with E-state index in [1.54, 1.807) is 12.1 Å². The molecule has 1 amide bonds. The highest BCUT2D eigenvalue weighted by atomic mass is 35.5. The maximum atomic E-state index is 12.2. The molecule has 0 unspecified atom stereocenters. The van der Waals surface area contributed by atoms with Crippen molar-refractivity contribution in [1.82, 2.24) is 5.32 Å². The van der Waals surface area contributed by atoms with Gasteiger partial charge in [-0.05, 0) is 25.0 Å². The summed E-state index contributed by atoms with van der Waals surface area (Å²) >= 11 is 5.89. The fraction of sp³-hybridized carbons (Fsp3) is 0.533. The third-order valence-electron chi connectivity index (χ3n) is 3.85. The van der Waals surface area contributed by atoms with E-state index in [2.05, 4.69) is 5.32 Å². The van der Waals surface area contributed by atoms with Gasteiger partial charge in [0.25, 0.3) is 0 Å². The minimum absolute atomic E-state index is 0.0437. The summed E-state index contributed by atoms with van der Waals surface area (Å²) in [5, 5.41) is 12.7. The molecule has 2 N–H and O–H groups in total. The quantitative estimate of drug-likeness (QED) is 0.854. The molecule has 22 heavy (non-hydrogen) atoms. The average molecular weight is 346 g/mol. The van der Waals surface area contributed by atoms with E-state index in [1.807, 2.05) is 0 Å². The van der Waals surface area contributed by atoms with Crippen LogP contribution in [-0.2, 0) is 14.6 Å². The largest absolute Gasteiger partial charge is 0.391 e. The predicted octanol–water partition coefficient (Wildman–Crippen LogP) is 1.92. The molecule has 7 heteroatoms. The molecule has 1 saturated carbocycles. The molecule has 0 spiro atoms. The third-order valence-corrected chi connectivity index (χ3v) is 6.05. The number of hydrogen-bond donors (Lipinski definition) is 2. The van der Waals surface area contributed by atoms with Crippen molar-refractivity contribution in [3.63, 3.8) is 0 Å². The second-order valence-corrected chi connectivity index (χ2v) is 8.01. The maximum Gasteiger partial charge on any atom is 0.221 e. The lowest BCUT2D eigenvalue weighted by Crippen LogP contribution is -2.45. The molecule has 5 nitrogen and oxygen atoms in total. The number of rotatable bonds is 5. The number of sulfone groups is 1. The van der Waals surface area contributed by atoms with Gasteiger partial charge in [0, 0.05) is 6.42 Å². The van der Waals surface area contributed by atoms with Gasteiger partial charge in [0.15, 0.2) is 9.84 Å². The first-order valence-corrected chi connectivity index (χ1v) is 9.38. The Morgan fingerprint density at radius 1 is 1.27 bits per heavy atom. The normalized spacial score (nSPS) is 22.3. The molecule has 1 aliphatic rings. The Morgan fingerprint density at radius 3 is 2.64 bits per heavy atom. The van der Waals surface area contributed by atoms with Gasteiger partial charge in [0.05, 0.1) is 27.8 Å². The van der Waals surface area contributed by atoms with Gasteiger partial charge in [-0.2, -0.15) is 0 Å². The molecule has 1 aliphatic carbocycles. The van der Waals surface area contributed by atoms with Crippen LogP contribution in [0, 0.1) is 0 Å². The highest BCUT2D eigenvalue weighted by Crippen LogP contribution is 2.22. The topological polar surface area (TPSA) is 83.5 Å². The van der Waals surface area contributed by atoms with Crippen LogP contribution in [0.5, 0.6) is 0 Å². The Morgan fingerprint density at radius 2 is 1.95 bits per heavy atom. The van der Waals surface area contributed by atoms with Crippen LogP contribution in [0.25, 0.3) is 0 Å². The summed E-state index contributed by atoms with van der Waals surface area (Å²) < 4.78 is 24.4. The van der Waals surface area contributed by atoms with Gasteiger partial charge in [-0.3, -0.25) is 4.79 Å². The SMILES string of the molecule is O=C(CCS(=O)(=O)c1ccccc1Cl)N[C@H]1CCCC[C@@H]1O. The lowest BCUT2D eigenvalue weighted by atomic mass is 9.92. The molecule has 0 aliphatic heterocycles. The summed E-state index contributed by atoms with van der Waals surface area (Å²) in [5.41, 5.74) is 0. The fourth-order valence-electron chi connectivity index (χ4n) is 2.59. The summed E-state index contributed by atoms with van der Waals surface area (Å²) in [4.78, 5) is 11.9. The highest BCUT2D eigenvalue weighted by molar-refractivity contribution is 7.91. The van der Waals surface area contributed by atoms with E-state index in [-0.39, 0.29) is 34.0 Å². The molecule has 1 aromatic carbocycles. The molecule has 2 rings (SSSR count). The molecular formula is C15H20ClNO4S. The summed E-state index contributed by atoms with van der Waals surface area (Å²) in [6.07, 6.45) is 2.62. The van der Waals surface area contributed by atoms with Gasteiger partial charge >= 0.3 is 0 Å². The summed E-state index contributed by atoms with van der Waals surface area (Å²) in [6.45, 7) is 0. The lowest BCUT2D eigenvalue weighted by molar-refractivity contribution is -0.122. The zero-order valence-corrected chi connectivity index (χ0v) is 13.7. The molecule has 0 bridgehead atoms. The van der Waals surface area contributed by atoms with Crippen LogP contribution in [0.1, 0.15) is 32.1 Å². The fourth-order valence-corrected chi connectivity index (χ4v) is 4.41. The van der Waals surface area contributed by atoms with Crippen molar-refractivity contribution in [2.75, 3.05) is 5.75 Å². The molecule has 1 fully saturated rings. The molecule has 0 aromatic heterocycles. The van der Waals surface area contributed by atoms with Crippen LogP contribution in [0.4, 0.5) is 0 Å². The van der Waals surface area contributed by atoms with Gasteiger partial charge in [-0.25, -0.2) is 8.42 Å². The van der Waals surface area contributed by atoms with Crippen LogP contribution in [0.3, 0.4) is 0 Å². The van der Waals surface area contributed by atoms with Crippen LogP contribution in [0.2, 0.25) is 5.02 Å². The van der Waals surface area contributed by atoms with E-state index in [4.69, 9.17) is 11.6 Å². The van der Waals surface area contributed by atoms with E-state index in [0.29, 0.717) is 6.42 Å². The van der Waals surface area contributed by atoms with Gasteiger partial charge in [-0.15, -0.1) is 0 Å². The average Bonchev–Trinajstić information content (AvgIpc) is 2.48. The summed E-state index contributed by atoms with van der Waals surface area (Å²) in [7, 11) is -3.60. The van der Waals surface area contributed by atoms with Gasteiger partial charge in [0.1, 0.15) is 0 Å². The number of amides is 1. The number of nitrogens with one attached hydrogen (secondary N) is 1. The van der Waals surface area contributed by atoms with Crippen molar-refractivity contribution in [2.24, 2.45) is 0 Å². The summed E-state index contributed by atoms with van der Waals surface area (Å²) in [5.74, 6) is -0.660. The number of carbonyl (C=O) groups excluding carboxylic acids is 1. The van der Waals surface area contributed by atoms with E-state index in [0.717, 1.165) is 19.3 Å². The van der Waals surface area contributed by atoms with Crippen molar-refractivity contribution in [3.05, 3.63) is 29.3 Å². The van der Waals surface area contributed by atoms with Crippen LogP contribution < -0.4 is 5.32 Å². The zero-order valence-electron chi connectivity index (χ0n) is 12.2. The molecule has 0 heterocycles. The highest BCUT2D eigenvalue weighted by Gasteiger charge is 2.25. The first-order valence-electron chi connectivity index (χ1n) is 7.35. The van der Waals surface area contributed by atoms with E-state index < -0.39 is 15.9 Å². The van der Waals surface area contributed by atoms with E-state index in [1.165, 1.54) is 12.1 Å². The van der Waals surface area contributed by atoms with Crippen molar-refractivity contribution in [3.8, 4) is 0 Å². The minimum atomic E-state index is -3.60. The van der Waals surface area contributed by atoms with Crippen LogP contribution >= 0.6 is 11.6 Å². The molecular weight excluding hydrogens is 326 g/mol. The monoisotopic (exact) mass is 345 g/mol. The number of carbonyl (C=O) groups is 1. The molecule has 0 saturated heterocycles. The van der Waals surface area contributed by atoms with Gasteiger partial charge in [0.2, 0.25) is 5.91 Å². The minimum Gasteiger partial charge on any atom is -0.391 e.